The summed E-state index contributed by atoms with van der Waals surface area (Å²) in [5, 5.41) is 3.16. The predicted octanol–water partition coefficient (Wildman–Crippen LogP) is 1.68. The second kappa shape index (κ2) is 5.39. The van der Waals surface area contributed by atoms with E-state index in [-0.39, 0.29) is 0 Å². The number of carbonyl (C=O) groups excluding carboxylic acids is 1. The zero-order valence-electron chi connectivity index (χ0n) is 10.7. The molecule has 0 saturated heterocycles. The summed E-state index contributed by atoms with van der Waals surface area (Å²) in [7, 11) is 0. The molecule has 5 heteroatoms. The van der Waals surface area contributed by atoms with Gasteiger partial charge < -0.3 is 16.8 Å². The lowest BCUT2D eigenvalue weighted by molar-refractivity contribution is 0.100. The maximum absolute atomic E-state index is 11.3. The number of aromatic nitrogens is 1. The van der Waals surface area contributed by atoms with Crippen LogP contribution in [0.1, 0.15) is 21.6 Å². The molecule has 19 heavy (non-hydrogen) atoms. The minimum Gasteiger partial charge on any atom is -0.399 e. The predicted molar refractivity (Wildman–Crippen MR) is 75.7 cm³/mol. The van der Waals surface area contributed by atoms with E-state index >= 15 is 0 Å². The van der Waals surface area contributed by atoms with Gasteiger partial charge in [0.15, 0.2) is 0 Å². The number of primary amides is 1. The third-order valence-corrected chi connectivity index (χ3v) is 2.76. The highest BCUT2D eigenvalue weighted by molar-refractivity contribution is 5.99. The van der Waals surface area contributed by atoms with Crippen LogP contribution in [0.15, 0.2) is 36.5 Å². The molecule has 0 aliphatic rings. The van der Waals surface area contributed by atoms with E-state index in [0.717, 1.165) is 11.3 Å². The molecule has 0 fully saturated rings. The first-order valence-corrected chi connectivity index (χ1v) is 5.91. The second-order valence-corrected chi connectivity index (χ2v) is 4.33. The molecule has 0 aliphatic carbocycles. The van der Waals surface area contributed by atoms with Gasteiger partial charge in [-0.2, -0.15) is 0 Å². The maximum atomic E-state index is 11.3. The molecule has 0 radical (unpaired) electrons. The fraction of sp³-hybridized carbons (Fsp3) is 0.143. The highest BCUT2D eigenvalue weighted by Gasteiger charge is 2.08. The highest BCUT2D eigenvalue weighted by atomic mass is 16.1. The number of nitrogens with two attached hydrogens (primary N) is 2. The molecule has 5 nitrogen and oxygen atoms in total. The van der Waals surface area contributed by atoms with Crippen LogP contribution >= 0.6 is 0 Å². The van der Waals surface area contributed by atoms with E-state index in [1.54, 1.807) is 24.4 Å². The second-order valence-electron chi connectivity index (χ2n) is 4.33. The number of nitrogen functional groups attached to an aromatic ring is 1. The smallest absolute Gasteiger partial charge is 0.250 e. The Morgan fingerprint density at radius 2 is 2.11 bits per heavy atom. The Morgan fingerprint density at radius 3 is 2.74 bits per heavy atom. The van der Waals surface area contributed by atoms with E-state index in [2.05, 4.69) is 10.3 Å². The molecule has 5 N–H and O–H groups in total. The van der Waals surface area contributed by atoms with Gasteiger partial charge in [0.1, 0.15) is 0 Å². The van der Waals surface area contributed by atoms with Crippen molar-refractivity contribution >= 4 is 17.3 Å². The Morgan fingerprint density at radius 1 is 1.32 bits per heavy atom. The quantitative estimate of drug-likeness (QED) is 0.725. The van der Waals surface area contributed by atoms with E-state index in [1.165, 1.54) is 0 Å². The Balaban J connectivity index is 2.15. The number of anilines is 2. The van der Waals surface area contributed by atoms with Crippen LogP contribution < -0.4 is 16.8 Å². The lowest BCUT2D eigenvalue weighted by Gasteiger charge is -2.10. The lowest BCUT2D eigenvalue weighted by atomic mass is 10.1. The molecule has 0 bridgehead atoms. The van der Waals surface area contributed by atoms with E-state index < -0.39 is 5.91 Å². The van der Waals surface area contributed by atoms with Crippen LogP contribution in [-0.4, -0.2) is 10.9 Å². The zero-order chi connectivity index (χ0) is 13.8. The average molecular weight is 256 g/mol. The number of amides is 1. The number of carbonyl (C=O) groups is 1. The summed E-state index contributed by atoms with van der Waals surface area (Å²) in [5.74, 6) is -0.503. The monoisotopic (exact) mass is 256 g/mol. The van der Waals surface area contributed by atoms with Gasteiger partial charge in [-0.25, -0.2) is 0 Å². The van der Waals surface area contributed by atoms with Gasteiger partial charge in [0.25, 0.3) is 5.91 Å². The average Bonchev–Trinajstić information content (AvgIpc) is 2.39. The third kappa shape index (κ3) is 3.22. The van der Waals surface area contributed by atoms with Crippen molar-refractivity contribution in [3.05, 3.63) is 53.3 Å². The first-order valence-electron chi connectivity index (χ1n) is 5.91. The topological polar surface area (TPSA) is 94.0 Å². The lowest BCUT2D eigenvalue weighted by Crippen LogP contribution is -2.15. The number of nitrogens with one attached hydrogen (secondary N) is 1. The number of rotatable bonds is 4. The summed E-state index contributed by atoms with van der Waals surface area (Å²) >= 11 is 0. The van der Waals surface area contributed by atoms with Crippen LogP contribution in [0.25, 0.3) is 0 Å². The fourth-order valence-electron chi connectivity index (χ4n) is 1.72. The molecule has 0 atom stereocenters. The number of nitrogens with zero attached hydrogens (tertiary/aromatic N) is 1. The van der Waals surface area contributed by atoms with Crippen LogP contribution in [0, 0.1) is 6.92 Å². The molecular formula is C14H16N4O. The van der Waals surface area contributed by atoms with Crippen molar-refractivity contribution in [2.24, 2.45) is 5.73 Å². The van der Waals surface area contributed by atoms with Crippen LogP contribution in [0.5, 0.6) is 0 Å². The summed E-state index contributed by atoms with van der Waals surface area (Å²) in [6.45, 7) is 2.50. The third-order valence-electron chi connectivity index (χ3n) is 2.76. The molecule has 0 aliphatic heterocycles. The summed E-state index contributed by atoms with van der Waals surface area (Å²) < 4.78 is 0. The Bertz CT molecular complexity index is 593. The van der Waals surface area contributed by atoms with Gasteiger partial charge >= 0.3 is 0 Å². The molecule has 1 heterocycles. The van der Waals surface area contributed by atoms with Crippen molar-refractivity contribution in [3.8, 4) is 0 Å². The Labute approximate surface area is 111 Å². The van der Waals surface area contributed by atoms with Crippen molar-refractivity contribution in [1.29, 1.82) is 0 Å². The maximum Gasteiger partial charge on any atom is 0.250 e. The van der Waals surface area contributed by atoms with Crippen molar-refractivity contribution in [2.45, 2.75) is 13.5 Å². The van der Waals surface area contributed by atoms with Gasteiger partial charge in [0.05, 0.1) is 5.56 Å². The van der Waals surface area contributed by atoms with Gasteiger partial charge in [0, 0.05) is 29.8 Å². The van der Waals surface area contributed by atoms with Gasteiger partial charge in [-0.05, 0) is 36.8 Å². The molecule has 1 aromatic heterocycles. The molecule has 1 aromatic carbocycles. The Kier molecular flexibility index (Phi) is 3.66. The number of pyridine rings is 1. The van der Waals surface area contributed by atoms with Crippen LogP contribution in [0.4, 0.5) is 11.4 Å². The first kappa shape index (κ1) is 12.9. The number of hydrogen-bond acceptors (Lipinski definition) is 4. The molecule has 0 saturated carbocycles. The van der Waals surface area contributed by atoms with Gasteiger partial charge in [-0.15, -0.1) is 0 Å². The number of hydrogen-bond donors (Lipinski definition) is 3. The van der Waals surface area contributed by atoms with Crippen molar-refractivity contribution in [1.82, 2.24) is 4.98 Å². The number of benzene rings is 1. The molecule has 2 aromatic rings. The summed E-state index contributed by atoms with van der Waals surface area (Å²) in [4.78, 5) is 15.6. The molecule has 1 amide bonds. The molecule has 0 unspecified atom stereocenters. The molecule has 2 rings (SSSR count). The fourth-order valence-corrected chi connectivity index (χ4v) is 1.72. The van der Waals surface area contributed by atoms with E-state index in [1.807, 2.05) is 19.1 Å². The van der Waals surface area contributed by atoms with Gasteiger partial charge in [0.2, 0.25) is 0 Å². The summed E-state index contributed by atoms with van der Waals surface area (Å²) in [6, 6.07) is 8.96. The molecule has 98 valence electrons. The standard InChI is InChI=1S/C14H16N4O/c1-9-2-3-10(7-17-9)8-18-13-5-4-11(15)6-12(13)14(16)19/h2-7,18H,8,15H2,1H3,(H2,16,19). The molecule has 0 spiro atoms. The minimum absolute atomic E-state index is 0.389. The summed E-state index contributed by atoms with van der Waals surface area (Å²) in [5.41, 5.74) is 14.5. The van der Waals surface area contributed by atoms with Crippen molar-refractivity contribution in [2.75, 3.05) is 11.1 Å². The minimum atomic E-state index is -0.503. The van der Waals surface area contributed by atoms with E-state index in [9.17, 15) is 4.79 Å². The SMILES string of the molecule is Cc1ccc(CNc2ccc(N)cc2C(N)=O)cn1. The largest absolute Gasteiger partial charge is 0.399 e. The number of aryl methyl sites for hydroxylation is 1. The van der Waals surface area contributed by atoms with Crippen molar-refractivity contribution < 1.29 is 4.79 Å². The molecular weight excluding hydrogens is 240 g/mol. The van der Waals surface area contributed by atoms with Crippen LogP contribution in [-0.2, 0) is 6.54 Å². The normalized spacial score (nSPS) is 10.2. The van der Waals surface area contributed by atoms with Crippen LogP contribution in [0.3, 0.4) is 0 Å². The van der Waals surface area contributed by atoms with Gasteiger partial charge in [-0.1, -0.05) is 6.07 Å². The van der Waals surface area contributed by atoms with E-state index in [0.29, 0.717) is 23.5 Å². The van der Waals surface area contributed by atoms with E-state index in [4.69, 9.17) is 11.5 Å². The van der Waals surface area contributed by atoms with Crippen LogP contribution in [0.2, 0.25) is 0 Å². The zero-order valence-corrected chi connectivity index (χ0v) is 10.7. The highest BCUT2D eigenvalue weighted by Crippen LogP contribution is 2.19. The van der Waals surface area contributed by atoms with Gasteiger partial charge in [-0.3, -0.25) is 9.78 Å². The summed E-state index contributed by atoms with van der Waals surface area (Å²) in [6.07, 6.45) is 1.80. The Hall–Kier alpha value is -2.56. The first-order chi connectivity index (χ1) is 9.06. The van der Waals surface area contributed by atoms with Crippen molar-refractivity contribution in [3.63, 3.8) is 0 Å².